The van der Waals surface area contributed by atoms with Crippen LogP contribution >= 0.6 is 12.6 Å². The highest BCUT2D eigenvalue weighted by molar-refractivity contribution is 7.81. The van der Waals surface area contributed by atoms with Crippen molar-refractivity contribution in [1.29, 1.82) is 0 Å². The molecule has 5 heteroatoms. The molecule has 1 unspecified atom stereocenters. The molecule has 0 aromatic carbocycles. The molecule has 4 nitrogen and oxygen atoms in total. The van der Waals surface area contributed by atoms with Crippen LogP contribution in [0.25, 0.3) is 0 Å². The standard InChI is InChI=1S/C7H9N3OS/c1-5(12)6-4-7(11)10-9-3-2-8-6/h2-5,12H,1H3,(H,10,11). The van der Waals surface area contributed by atoms with Gasteiger partial charge in [-0.05, 0) is 6.92 Å². The summed E-state index contributed by atoms with van der Waals surface area (Å²) in [5.41, 5.74) is 2.93. The number of rotatable bonds is 1. The SMILES string of the molecule is CC(S)C1=CC(=O)N/N=C\C=N1. The fraction of sp³-hybridized carbons (Fsp3) is 0.286. The minimum atomic E-state index is -0.279. The lowest BCUT2D eigenvalue weighted by Crippen LogP contribution is -2.17. The van der Waals surface area contributed by atoms with E-state index in [0.29, 0.717) is 5.70 Å². The van der Waals surface area contributed by atoms with Crippen molar-refractivity contribution >= 4 is 31.0 Å². The second-order valence-corrected chi connectivity index (χ2v) is 3.05. The summed E-state index contributed by atoms with van der Waals surface area (Å²) in [5.74, 6) is -0.279. The average molecular weight is 183 g/mol. The predicted octanol–water partition coefficient (Wildman–Crippen LogP) is 0.375. The van der Waals surface area contributed by atoms with E-state index in [4.69, 9.17) is 0 Å². The fourth-order valence-electron chi connectivity index (χ4n) is 0.686. The zero-order chi connectivity index (χ0) is 8.97. The Balaban J connectivity index is 2.88. The largest absolute Gasteiger partial charge is 0.268 e. The van der Waals surface area contributed by atoms with Gasteiger partial charge in [0.1, 0.15) is 0 Å². The molecule has 0 spiro atoms. The molecule has 64 valence electrons. The van der Waals surface area contributed by atoms with Gasteiger partial charge < -0.3 is 0 Å². The first-order chi connectivity index (χ1) is 5.70. The molecule has 0 fully saturated rings. The predicted molar refractivity (Wildman–Crippen MR) is 51.7 cm³/mol. The Morgan fingerprint density at radius 2 is 2.33 bits per heavy atom. The number of hydrogen-bond donors (Lipinski definition) is 2. The second-order valence-electron chi connectivity index (χ2n) is 2.28. The maximum atomic E-state index is 10.9. The maximum absolute atomic E-state index is 10.9. The van der Waals surface area contributed by atoms with Crippen LogP contribution in [0, 0.1) is 0 Å². The number of carbonyl (C=O) groups excluding carboxylic acids is 1. The van der Waals surface area contributed by atoms with Crippen molar-refractivity contribution < 1.29 is 4.79 Å². The molecule has 0 saturated heterocycles. The van der Waals surface area contributed by atoms with E-state index >= 15 is 0 Å². The quantitative estimate of drug-likeness (QED) is 0.567. The van der Waals surface area contributed by atoms with Gasteiger partial charge in [0.2, 0.25) is 0 Å². The first-order valence-electron chi connectivity index (χ1n) is 3.45. The third-order valence-corrected chi connectivity index (χ3v) is 1.51. The van der Waals surface area contributed by atoms with E-state index in [-0.39, 0.29) is 11.2 Å². The summed E-state index contributed by atoms with van der Waals surface area (Å²) in [6, 6.07) is 0. The molecular weight excluding hydrogens is 174 g/mol. The molecule has 0 aromatic heterocycles. The van der Waals surface area contributed by atoms with E-state index in [1.54, 1.807) is 0 Å². The van der Waals surface area contributed by atoms with Crippen LogP contribution in [0.4, 0.5) is 0 Å². The van der Waals surface area contributed by atoms with Gasteiger partial charge >= 0.3 is 0 Å². The zero-order valence-electron chi connectivity index (χ0n) is 6.56. The van der Waals surface area contributed by atoms with Gasteiger partial charge in [-0.25, -0.2) is 5.43 Å². The molecule has 1 heterocycles. The lowest BCUT2D eigenvalue weighted by molar-refractivity contribution is -0.116. The molecule has 1 atom stereocenters. The molecule has 0 aliphatic carbocycles. The molecule has 0 aromatic rings. The summed E-state index contributed by atoms with van der Waals surface area (Å²) < 4.78 is 0. The minimum absolute atomic E-state index is 0.0569. The third-order valence-electron chi connectivity index (χ3n) is 1.25. The Morgan fingerprint density at radius 1 is 1.58 bits per heavy atom. The normalized spacial score (nSPS) is 21.8. The molecular formula is C7H9N3OS. The van der Waals surface area contributed by atoms with Crippen LogP contribution in [-0.2, 0) is 4.79 Å². The highest BCUT2D eigenvalue weighted by atomic mass is 32.1. The molecule has 0 saturated carbocycles. The van der Waals surface area contributed by atoms with Gasteiger partial charge in [-0.15, -0.1) is 0 Å². The average Bonchev–Trinajstić information content (AvgIpc) is 1.95. The first-order valence-corrected chi connectivity index (χ1v) is 3.97. The lowest BCUT2D eigenvalue weighted by Gasteiger charge is -2.05. The monoisotopic (exact) mass is 183 g/mol. The molecule has 12 heavy (non-hydrogen) atoms. The molecule has 1 amide bonds. The Kier molecular flexibility index (Phi) is 3.04. The lowest BCUT2D eigenvalue weighted by atomic mass is 10.3. The molecule has 1 N–H and O–H groups in total. The minimum Gasteiger partial charge on any atom is -0.268 e. The van der Waals surface area contributed by atoms with Gasteiger partial charge in [-0.3, -0.25) is 9.79 Å². The van der Waals surface area contributed by atoms with E-state index in [9.17, 15) is 4.79 Å². The van der Waals surface area contributed by atoms with Crippen molar-refractivity contribution in [1.82, 2.24) is 5.43 Å². The van der Waals surface area contributed by atoms with Gasteiger partial charge in [-0.1, -0.05) is 0 Å². The molecule has 0 bridgehead atoms. The van der Waals surface area contributed by atoms with Crippen molar-refractivity contribution in [2.45, 2.75) is 12.2 Å². The van der Waals surface area contributed by atoms with Gasteiger partial charge in [0.25, 0.3) is 5.91 Å². The number of nitrogens with zero attached hydrogens (tertiary/aromatic N) is 2. The summed E-state index contributed by atoms with van der Waals surface area (Å²) in [4.78, 5) is 14.9. The van der Waals surface area contributed by atoms with E-state index in [0.717, 1.165) is 0 Å². The summed E-state index contributed by atoms with van der Waals surface area (Å²) in [7, 11) is 0. The van der Waals surface area contributed by atoms with Crippen molar-refractivity contribution in [3.05, 3.63) is 11.8 Å². The van der Waals surface area contributed by atoms with Crippen molar-refractivity contribution in [3.63, 3.8) is 0 Å². The van der Waals surface area contributed by atoms with Crippen LogP contribution < -0.4 is 5.43 Å². The molecule has 0 radical (unpaired) electrons. The number of thiol groups is 1. The topological polar surface area (TPSA) is 53.8 Å². The third kappa shape index (κ3) is 2.50. The summed E-state index contributed by atoms with van der Waals surface area (Å²) >= 11 is 4.16. The van der Waals surface area contributed by atoms with Crippen molar-refractivity contribution in [3.8, 4) is 0 Å². The van der Waals surface area contributed by atoms with Gasteiger partial charge in [0.15, 0.2) is 0 Å². The highest BCUT2D eigenvalue weighted by Gasteiger charge is 2.05. The molecule has 1 aliphatic heterocycles. The van der Waals surface area contributed by atoms with Gasteiger partial charge in [0, 0.05) is 17.5 Å². The van der Waals surface area contributed by atoms with Crippen LogP contribution in [-0.4, -0.2) is 23.6 Å². The van der Waals surface area contributed by atoms with E-state index in [1.807, 2.05) is 6.92 Å². The highest BCUT2D eigenvalue weighted by Crippen LogP contribution is 2.09. The Bertz CT molecular complexity index is 268. The van der Waals surface area contributed by atoms with E-state index in [2.05, 4.69) is 28.1 Å². The number of hydrogen-bond acceptors (Lipinski definition) is 4. The fourth-order valence-corrected chi connectivity index (χ4v) is 0.827. The van der Waals surface area contributed by atoms with Crippen LogP contribution in [0.2, 0.25) is 0 Å². The van der Waals surface area contributed by atoms with Crippen LogP contribution in [0.5, 0.6) is 0 Å². The first kappa shape index (κ1) is 8.99. The van der Waals surface area contributed by atoms with Crippen LogP contribution in [0.15, 0.2) is 21.9 Å². The van der Waals surface area contributed by atoms with E-state index in [1.165, 1.54) is 18.5 Å². The molecule has 1 aliphatic rings. The number of hydrazone groups is 1. The number of aliphatic imine (C=N–C) groups is 1. The smallest absolute Gasteiger partial charge is 0.265 e. The van der Waals surface area contributed by atoms with Gasteiger partial charge in [0.05, 0.1) is 11.9 Å². The Hall–Kier alpha value is -1.10. The zero-order valence-corrected chi connectivity index (χ0v) is 7.45. The van der Waals surface area contributed by atoms with Gasteiger partial charge in [-0.2, -0.15) is 17.7 Å². The Morgan fingerprint density at radius 3 is 3.00 bits per heavy atom. The number of carbonyl (C=O) groups is 1. The second kappa shape index (κ2) is 4.06. The maximum Gasteiger partial charge on any atom is 0.265 e. The molecule has 1 rings (SSSR count). The summed E-state index contributed by atoms with van der Waals surface area (Å²) in [6.07, 6.45) is 4.31. The number of nitrogens with one attached hydrogen (secondary N) is 1. The summed E-state index contributed by atoms with van der Waals surface area (Å²) in [5, 5.41) is 3.51. The summed E-state index contributed by atoms with van der Waals surface area (Å²) in [6.45, 7) is 1.85. The van der Waals surface area contributed by atoms with E-state index < -0.39 is 0 Å². The van der Waals surface area contributed by atoms with Crippen molar-refractivity contribution in [2.24, 2.45) is 10.1 Å². The van der Waals surface area contributed by atoms with Crippen LogP contribution in [0.3, 0.4) is 0 Å². The van der Waals surface area contributed by atoms with Crippen molar-refractivity contribution in [2.75, 3.05) is 0 Å². The Labute approximate surface area is 75.9 Å². The van der Waals surface area contributed by atoms with Crippen LogP contribution in [0.1, 0.15) is 6.92 Å². The number of amides is 1.